The Morgan fingerprint density at radius 1 is 1.22 bits per heavy atom. The van der Waals surface area contributed by atoms with Crippen molar-refractivity contribution in [3.8, 4) is 0 Å². The lowest BCUT2D eigenvalue weighted by molar-refractivity contribution is 0.0735. The SMILES string of the molecule is COCCCn1c(NC(=O)c2cccc(N)c2)nc2cc(C(=O)N3CCNCC3)cnc21. The fraction of sp³-hybridized carbons (Fsp3) is 0.364. The van der Waals surface area contributed by atoms with Gasteiger partial charge in [0.2, 0.25) is 5.95 Å². The third kappa shape index (κ3) is 4.71. The number of anilines is 2. The highest BCUT2D eigenvalue weighted by molar-refractivity contribution is 6.04. The van der Waals surface area contributed by atoms with Crippen LogP contribution in [0.25, 0.3) is 11.2 Å². The minimum atomic E-state index is -0.322. The molecule has 2 aromatic heterocycles. The Morgan fingerprint density at radius 3 is 2.78 bits per heavy atom. The Labute approximate surface area is 185 Å². The molecule has 32 heavy (non-hydrogen) atoms. The zero-order valence-corrected chi connectivity index (χ0v) is 18.0. The summed E-state index contributed by atoms with van der Waals surface area (Å²) >= 11 is 0. The van der Waals surface area contributed by atoms with Crippen LogP contribution >= 0.6 is 0 Å². The molecule has 3 aromatic rings. The van der Waals surface area contributed by atoms with Gasteiger partial charge in [0.15, 0.2) is 5.65 Å². The highest BCUT2D eigenvalue weighted by atomic mass is 16.5. The van der Waals surface area contributed by atoms with Crippen LogP contribution in [-0.2, 0) is 11.3 Å². The second kappa shape index (κ2) is 9.75. The van der Waals surface area contributed by atoms with Gasteiger partial charge in [-0.3, -0.25) is 19.5 Å². The number of aryl methyl sites for hydroxylation is 1. The van der Waals surface area contributed by atoms with Crippen molar-refractivity contribution in [3.63, 3.8) is 0 Å². The molecule has 10 nitrogen and oxygen atoms in total. The lowest BCUT2D eigenvalue weighted by Gasteiger charge is -2.27. The minimum Gasteiger partial charge on any atom is -0.399 e. The summed E-state index contributed by atoms with van der Waals surface area (Å²) < 4.78 is 6.99. The number of piperazine rings is 1. The molecule has 0 radical (unpaired) electrons. The van der Waals surface area contributed by atoms with Gasteiger partial charge in [-0.25, -0.2) is 9.97 Å². The number of imidazole rings is 1. The van der Waals surface area contributed by atoms with Crippen molar-refractivity contribution in [1.29, 1.82) is 0 Å². The Kier molecular flexibility index (Phi) is 6.62. The molecule has 1 fully saturated rings. The van der Waals surface area contributed by atoms with Crippen molar-refractivity contribution < 1.29 is 14.3 Å². The summed E-state index contributed by atoms with van der Waals surface area (Å²) in [6.45, 7) is 3.97. The summed E-state index contributed by atoms with van der Waals surface area (Å²) in [6.07, 6.45) is 2.29. The number of nitrogens with one attached hydrogen (secondary N) is 2. The number of aromatic nitrogens is 3. The molecule has 0 saturated carbocycles. The number of carbonyl (C=O) groups is 2. The number of nitrogens with two attached hydrogens (primary N) is 1. The number of nitrogens with zero attached hydrogens (tertiary/aromatic N) is 4. The summed E-state index contributed by atoms with van der Waals surface area (Å²) in [4.78, 5) is 36.5. The second-order valence-corrected chi connectivity index (χ2v) is 7.62. The van der Waals surface area contributed by atoms with E-state index in [-0.39, 0.29) is 11.8 Å². The normalized spacial score (nSPS) is 14.0. The molecule has 1 aliphatic heterocycles. The Balaban J connectivity index is 1.64. The summed E-state index contributed by atoms with van der Waals surface area (Å²) in [5.74, 6) is -0.0271. The molecule has 1 aliphatic rings. The first-order valence-corrected chi connectivity index (χ1v) is 10.6. The van der Waals surface area contributed by atoms with Crippen molar-refractivity contribution >= 4 is 34.6 Å². The highest BCUT2D eigenvalue weighted by Crippen LogP contribution is 2.21. The van der Waals surface area contributed by atoms with Crippen molar-refractivity contribution in [2.45, 2.75) is 13.0 Å². The molecule has 0 aliphatic carbocycles. The predicted octanol–water partition coefficient (Wildman–Crippen LogP) is 1.35. The van der Waals surface area contributed by atoms with Crippen LogP contribution in [-0.4, -0.2) is 71.1 Å². The number of nitrogen functional groups attached to an aromatic ring is 1. The molecular weight excluding hydrogens is 410 g/mol. The Morgan fingerprint density at radius 2 is 2.03 bits per heavy atom. The summed E-state index contributed by atoms with van der Waals surface area (Å²) in [6, 6.07) is 8.47. The van der Waals surface area contributed by atoms with E-state index in [1.165, 1.54) is 0 Å². The predicted molar refractivity (Wildman–Crippen MR) is 122 cm³/mol. The fourth-order valence-corrected chi connectivity index (χ4v) is 3.71. The second-order valence-electron chi connectivity index (χ2n) is 7.62. The van der Waals surface area contributed by atoms with Crippen LogP contribution in [0.3, 0.4) is 0 Å². The quantitative estimate of drug-likeness (QED) is 0.376. The molecule has 168 valence electrons. The lowest BCUT2D eigenvalue weighted by atomic mass is 10.2. The largest absolute Gasteiger partial charge is 0.399 e. The van der Waals surface area contributed by atoms with Crippen molar-refractivity contribution in [1.82, 2.24) is 24.8 Å². The van der Waals surface area contributed by atoms with Crippen molar-refractivity contribution in [2.75, 3.05) is 50.9 Å². The highest BCUT2D eigenvalue weighted by Gasteiger charge is 2.21. The molecule has 4 rings (SSSR count). The van der Waals surface area contributed by atoms with Crippen LogP contribution in [0, 0.1) is 0 Å². The molecule has 4 N–H and O–H groups in total. The van der Waals surface area contributed by atoms with E-state index in [2.05, 4.69) is 20.6 Å². The van der Waals surface area contributed by atoms with Gasteiger partial charge in [-0.15, -0.1) is 0 Å². The van der Waals surface area contributed by atoms with Gasteiger partial charge in [-0.1, -0.05) is 6.07 Å². The summed E-state index contributed by atoms with van der Waals surface area (Å²) in [5.41, 5.74) is 8.37. The number of hydrogen-bond acceptors (Lipinski definition) is 7. The van der Waals surface area contributed by atoms with Gasteiger partial charge in [0.25, 0.3) is 11.8 Å². The topological polar surface area (TPSA) is 127 Å². The summed E-state index contributed by atoms with van der Waals surface area (Å²) in [5, 5.41) is 6.09. The van der Waals surface area contributed by atoms with E-state index < -0.39 is 0 Å². The zero-order chi connectivity index (χ0) is 22.5. The van der Waals surface area contributed by atoms with Gasteiger partial charge in [-0.05, 0) is 30.7 Å². The van der Waals surface area contributed by atoms with Gasteiger partial charge in [-0.2, -0.15) is 0 Å². The maximum atomic E-state index is 12.9. The van der Waals surface area contributed by atoms with Crippen LogP contribution in [0.4, 0.5) is 11.6 Å². The van der Waals surface area contributed by atoms with E-state index in [1.807, 2.05) is 4.57 Å². The molecule has 3 heterocycles. The number of carbonyl (C=O) groups excluding carboxylic acids is 2. The van der Waals surface area contributed by atoms with E-state index in [0.717, 1.165) is 13.1 Å². The number of pyridine rings is 1. The van der Waals surface area contributed by atoms with Crippen LogP contribution < -0.4 is 16.4 Å². The van der Waals surface area contributed by atoms with Crippen LogP contribution in [0.2, 0.25) is 0 Å². The maximum Gasteiger partial charge on any atom is 0.258 e. The van der Waals surface area contributed by atoms with Crippen LogP contribution in [0.1, 0.15) is 27.1 Å². The van der Waals surface area contributed by atoms with E-state index in [4.69, 9.17) is 10.5 Å². The number of rotatable bonds is 7. The van der Waals surface area contributed by atoms with E-state index in [0.29, 0.717) is 66.6 Å². The first kappa shape index (κ1) is 21.7. The minimum absolute atomic E-state index is 0.0693. The van der Waals surface area contributed by atoms with Crippen molar-refractivity contribution in [2.24, 2.45) is 0 Å². The number of methoxy groups -OCH3 is 1. The van der Waals surface area contributed by atoms with Gasteiger partial charge in [0.1, 0.15) is 5.52 Å². The van der Waals surface area contributed by atoms with Crippen molar-refractivity contribution in [3.05, 3.63) is 47.7 Å². The zero-order valence-electron chi connectivity index (χ0n) is 18.0. The van der Waals surface area contributed by atoms with Crippen LogP contribution in [0.5, 0.6) is 0 Å². The molecule has 0 unspecified atom stereocenters. The van der Waals surface area contributed by atoms with Gasteiger partial charge in [0, 0.05) is 63.9 Å². The van der Waals surface area contributed by atoms with E-state index in [9.17, 15) is 9.59 Å². The number of fused-ring (bicyclic) bond motifs is 1. The average Bonchev–Trinajstić information content (AvgIpc) is 3.15. The molecule has 0 spiro atoms. The van der Waals surface area contributed by atoms with E-state index in [1.54, 1.807) is 48.5 Å². The van der Waals surface area contributed by atoms with Gasteiger partial charge >= 0.3 is 0 Å². The number of benzene rings is 1. The Bertz CT molecular complexity index is 1120. The smallest absolute Gasteiger partial charge is 0.258 e. The molecule has 1 saturated heterocycles. The first-order chi connectivity index (χ1) is 15.6. The molecule has 0 bridgehead atoms. The molecule has 1 aromatic carbocycles. The lowest BCUT2D eigenvalue weighted by Crippen LogP contribution is -2.46. The van der Waals surface area contributed by atoms with E-state index >= 15 is 0 Å². The molecule has 0 atom stereocenters. The molecular formula is C22H27N7O3. The molecule has 2 amide bonds. The third-order valence-electron chi connectivity index (χ3n) is 5.34. The van der Waals surface area contributed by atoms with Crippen LogP contribution in [0.15, 0.2) is 36.5 Å². The maximum absolute atomic E-state index is 12.9. The average molecular weight is 438 g/mol. The molecule has 10 heteroatoms. The number of hydrogen-bond donors (Lipinski definition) is 3. The standard InChI is InChI=1S/C22H27N7O3/c1-32-11-3-8-29-19-18(13-16(14-25-19)21(31)28-9-6-24-7-10-28)26-22(29)27-20(30)15-4-2-5-17(23)12-15/h2,4-5,12-14,24H,3,6-11,23H2,1H3,(H,26,27,30). The number of amides is 2. The monoisotopic (exact) mass is 437 g/mol. The first-order valence-electron chi connectivity index (χ1n) is 10.6. The summed E-state index contributed by atoms with van der Waals surface area (Å²) in [7, 11) is 1.64. The van der Waals surface area contributed by atoms with Gasteiger partial charge in [0.05, 0.1) is 5.56 Å². The Hall–Kier alpha value is -3.50. The fourth-order valence-electron chi connectivity index (χ4n) is 3.71. The number of ether oxygens (including phenoxy) is 1. The third-order valence-corrected chi connectivity index (χ3v) is 5.34. The van der Waals surface area contributed by atoms with Gasteiger partial charge < -0.3 is 20.7 Å².